The molecule has 1 heterocycles. The Morgan fingerprint density at radius 2 is 1.86 bits per heavy atom. The van der Waals surface area contributed by atoms with E-state index in [0.29, 0.717) is 6.54 Å². The van der Waals surface area contributed by atoms with E-state index in [9.17, 15) is 5.26 Å². The van der Waals surface area contributed by atoms with Crippen molar-refractivity contribution in [2.45, 2.75) is 65.3 Å². The van der Waals surface area contributed by atoms with E-state index in [0.717, 1.165) is 37.4 Å². The molecule has 0 aromatic heterocycles. The molecule has 4 heteroatoms. The van der Waals surface area contributed by atoms with Crippen molar-refractivity contribution in [1.29, 1.82) is 5.26 Å². The lowest BCUT2D eigenvalue weighted by atomic mass is 9.87. The summed E-state index contributed by atoms with van der Waals surface area (Å²) in [4.78, 5) is 2.59. The van der Waals surface area contributed by atoms with E-state index < -0.39 is 0 Å². The minimum absolute atomic E-state index is 0.668. The van der Waals surface area contributed by atoms with Crippen molar-refractivity contribution in [3.63, 3.8) is 0 Å². The van der Waals surface area contributed by atoms with Gasteiger partial charge in [0.15, 0.2) is 0 Å². The van der Waals surface area contributed by atoms with Gasteiger partial charge in [-0.1, -0.05) is 54.7 Å². The summed E-state index contributed by atoms with van der Waals surface area (Å²) in [5.41, 5.74) is 9.84. The molecular formula is C25H36N4. The number of nitrogens with zero attached hydrogens (tertiary/aromatic N) is 2. The zero-order chi connectivity index (χ0) is 20.6. The largest absolute Gasteiger partial charge is 0.298 e. The standard InChI is InChI=1S/C25H36N4/c1-19-12-13-29(17-23-6-4-3-5-7-23)18-25(19)24(15-26)20(2)14-21-8-10-22(11-9-21)16-28-27/h8-11,23,28H,3-7,12-14,16-18,27H2,1-2H3/b24-20+. The SMILES string of the molecule is CC1=C(/C(C#N)=C(\C)Cc2ccc(CNN)cc2)CN(CC2CCCCC2)CC1. The molecule has 0 bridgehead atoms. The topological polar surface area (TPSA) is 65.1 Å². The number of hydrogen-bond donors (Lipinski definition) is 2. The number of rotatable bonds is 7. The summed E-state index contributed by atoms with van der Waals surface area (Å²) in [6, 6.07) is 11.0. The van der Waals surface area contributed by atoms with Gasteiger partial charge in [-0.05, 0) is 62.1 Å². The quantitative estimate of drug-likeness (QED) is 0.403. The zero-order valence-electron chi connectivity index (χ0n) is 18.1. The van der Waals surface area contributed by atoms with Gasteiger partial charge in [0.05, 0.1) is 11.6 Å². The molecule has 0 unspecified atom stereocenters. The van der Waals surface area contributed by atoms with Crippen LogP contribution in [0.2, 0.25) is 0 Å². The van der Waals surface area contributed by atoms with Crippen LogP contribution in [-0.2, 0) is 13.0 Å². The molecule has 3 N–H and O–H groups in total. The molecular weight excluding hydrogens is 356 g/mol. The second-order valence-electron chi connectivity index (χ2n) is 8.89. The number of nitrogens with two attached hydrogens (primary N) is 1. The average Bonchev–Trinajstić information content (AvgIpc) is 2.73. The summed E-state index contributed by atoms with van der Waals surface area (Å²) in [6.07, 6.45) is 8.85. The third kappa shape index (κ3) is 6.02. The van der Waals surface area contributed by atoms with Gasteiger partial charge >= 0.3 is 0 Å². The van der Waals surface area contributed by atoms with Crippen LogP contribution in [0, 0.1) is 17.2 Å². The number of hydrogen-bond acceptors (Lipinski definition) is 4. The molecule has 2 aliphatic rings. The summed E-state index contributed by atoms with van der Waals surface area (Å²) in [5.74, 6) is 6.25. The van der Waals surface area contributed by atoms with Crippen LogP contribution in [0.1, 0.15) is 63.5 Å². The first-order valence-corrected chi connectivity index (χ1v) is 11.1. The van der Waals surface area contributed by atoms with E-state index in [1.54, 1.807) is 0 Å². The Labute approximate surface area is 176 Å². The molecule has 1 aliphatic heterocycles. The predicted octanol–water partition coefficient (Wildman–Crippen LogP) is 4.63. The van der Waals surface area contributed by atoms with Gasteiger partial charge in [-0.2, -0.15) is 5.26 Å². The van der Waals surface area contributed by atoms with E-state index in [1.165, 1.54) is 66.5 Å². The Hall–Kier alpha value is -1.93. The van der Waals surface area contributed by atoms with Crippen LogP contribution in [0.5, 0.6) is 0 Å². The third-order valence-corrected chi connectivity index (χ3v) is 6.58. The van der Waals surface area contributed by atoms with Crippen LogP contribution in [0.25, 0.3) is 0 Å². The van der Waals surface area contributed by atoms with Gasteiger partial charge in [0, 0.05) is 26.2 Å². The first-order valence-electron chi connectivity index (χ1n) is 11.1. The number of nitrogens with one attached hydrogen (secondary N) is 1. The minimum atomic E-state index is 0.668. The highest BCUT2D eigenvalue weighted by Gasteiger charge is 2.24. The lowest BCUT2D eigenvalue weighted by Gasteiger charge is -2.34. The molecule has 1 aromatic carbocycles. The lowest BCUT2D eigenvalue weighted by Crippen LogP contribution is -2.36. The molecule has 1 aromatic rings. The Kier molecular flexibility index (Phi) is 8.06. The van der Waals surface area contributed by atoms with Gasteiger partial charge in [-0.3, -0.25) is 16.2 Å². The van der Waals surface area contributed by atoms with Crippen molar-refractivity contribution in [2.75, 3.05) is 19.6 Å². The molecule has 0 amide bonds. The molecule has 0 atom stereocenters. The molecule has 4 nitrogen and oxygen atoms in total. The van der Waals surface area contributed by atoms with Crippen molar-refractivity contribution in [2.24, 2.45) is 11.8 Å². The summed E-state index contributed by atoms with van der Waals surface area (Å²) >= 11 is 0. The monoisotopic (exact) mass is 392 g/mol. The van der Waals surface area contributed by atoms with Gasteiger partial charge < -0.3 is 0 Å². The van der Waals surface area contributed by atoms with Crippen LogP contribution in [0.4, 0.5) is 0 Å². The number of allylic oxidation sites excluding steroid dienone is 1. The van der Waals surface area contributed by atoms with Crippen molar-refractivity contribution >= 4 is 0 Å². The van der Waals surface area contributed by atoms with E-state index in [1.807, 2.05) is 0 Å². The second-order valence-corrected chi connectivity index (χ2v) is 8.89. The fourth-order valence-corrected chi connectivity index (χ4v) is 4.81. The summed E-state index contributed by atoms with van der Waals surface area (Å²) in [5, 5.41) is 9.98. The maximum atomic E-state index is 9.98. The molecule has 1 saturated carbocycles. The van der Waals surface area contributed by atoms with Crippen molar-refractivity contribution < 1.29 is 0 Å². The molecule has 29 heavy (non-hydrogen) atoms. The predicted molar refractivity (Wildman–Crippen MR) is 120 cm³/mol. The fraction of sp³-hybridized carbons (Fsp3) is 0.560. The van der Waals surface area contributed by atoms with E-state index in [4.69, 9.17) is 5.84 Å². The molecule has 0 saturated heterocycles. The highest BCUT2D eigenvalue weighted by molar-refractivity contribution is 5.50. The maximum Gasteiger partial charge on any atom is 0.0994 e. The average molecular weight is 393 g/mol. The van der Waals surface area contributed by atoms with Crippen molar-refractivity contribution in [3.8, 4) is 6.07 Å². The van der Waals surface area contributed by atoms with Crippen molar-refractivity contribution in [1.82, 2.24) is 10.3 Å². The summed E-state index contributed by atoms with van der Waals surface area (Å²) < 4.78 is 0. The Bertz CT molecular complexity index is 776. The van der Waals surface area contributed by atoms with Gasteiger partial charge in [-0.25, -0.2) is 0 Å². The van der Waals surface area contributed by atoms with Gasteiger partial charge in [0.2, 0.25) is 0 Å². The highest BCUT2D eigenvalue weighted by atomic mass is 15.2. The molecule has 1 fully saturated rings. The number of nitriles is 1. The van der Waals surface area contributed by atoms with Crippen molar-refractivity contribution in [3.05, 3.63) is 57.7 Å². The molecule has 156 valence electrons. The normalized spacial score (nSPS) is 19.8. The zero-order valence-corrected chi connectivity index (χ0v) is 18.1. The lowest BCUT2D eigenvalue weighted by molar-refractivity contribution is 0.208. The maximum absolute atomic E-state index is 9.98. The first-order chi connectivity index (χ1) is 14.1. The minimum Gasteiger partial charge on any atom is -0.298 e. The van der Waals surface area contributed by atoms with E-state index in [-0.39, 0.29) is 0 Å². The summed E-state index contributed by atoms with van der Waals surface area (Å²) in [7, 11) is 0. The van der Waals surface area contributed by atoms with Gasteiger partial charge in [-0.15, -0.1) is 0 Å². The highest BCUT2D eigenvalue weighted by Crippen LogP contribution is 2.30. The Morgan fingerprint density at radius 3 is 2.52 bits per heavy atom. The van der Waals surface area contributed by atoms with E-state index >= 15 is 0 Å². The van der Waals surface area contributed by atoms with Crippen LogP contribution < -0.4 is 11.3 Å². The number of hydrazine groups is 1. The van der Waals surface area contributed by atoms with Crippen LogP contribution >= 0.6 is 0 Å². The molecule has 0 spiro atoms. The molecule has 3 rings (SSSR count). The van der Waals surface area contributed by atoms with Gasteiger partial charge in [0.25, 0.3) is 0 Å². The fourth-order valence-electron chi connectivity index (χ4n) is 4.81. The molecule has 1 aliphatic carbocycles. The smallest absolute Gasteiger partial charge is 0.0994 e. The Morgan fingerprint density at radius 1 is 1.17 bits per heavy atom. The van der Waals surface area contributed by atoms with E-state index in [2.05, 4.69) is 54.5 Å². The summed E-state index contributed by atoms with van der Waals surface area (Å²) in [6.45, 7) is 8.28. The second kappa shape index (κ2) is 10.7. The number of benzene rings is 1. The van der Waals surface area contributed by atoms with Gasteiger partial charge in [0.1, 0.15) is 0 Å². The van der Waals surface area contributed by atoms with Crippen LogP contribution in [0.15, 0.2) is 46.6 Å². The Balaban J connectivity index is 1.71. The third-order valence-electron chi connectivity index (χ3n) is 6.58. The van der Waals surface area contributed by atoms with Crippen LogP contribution in [0.3, 0.4) is 0 Å². The van der Waals surface area contributed by atoms with Crippen LogP contribution in [-0.4, -0.2) is 24.5 Å². The molecule has 0 radical (unpaired) electrons. The first kappa shape index (κ1) is 21.8.